The monoisotopic (exact) mass is 540 g/mol. The Labute approximate surface area is 222 Å². The molecule has 11 heteroatoms. The molecule has 9 nitrogen and oxygen atoms in total. The van der Waals surface area contributed by atoms with Crippen molar-refractivity contribution in [3.8, 4) is 0 Å². The summed E-state index contributed by atoms with van der Waals surface area (Å²) in [5, 5.41) is 17.5. The number of carboxylic acids is 1. The van der Waals surface area contributed by atoms with Gasteiger partial charge in [0.25, 0.3) is 0 Å². The Morgan fingerprint density at radius 2 is 1.36 bits per heavy atom. The SMILES string of the molecule is CCC(C)C(N)C(=O)NC(Cc1ccccc1)C(=O)NC(CCSC)C(=O)NC(CCSC)C(=O)O. The van der Waals surface area contributed by atoms with E-state index in [0.717, 1.165) is 5.56 Å². The van der Waals surface area contributed by atoms with Crippen LogP contribution in [-0.2, 0) is 25.6 Å². The maximum absolute atomic E-state index is 13.3. The molecule has 0 heterocycles. The van der Waals surface area contributed by atoms with Crippen molar-refractivity contribution in [3.05, 3.63) is 35.9 Å². The Kier molecular flexibility index (Phi) is 15.2. The van der Waals surface area contributed by atoms with Crippen LogP contribution in [0.5, 0.6) is 0 Å². The molecule has 5 unspecified atom stereocenters. The molecule has 5 atom stereocenters. The van der Waals surface area contributed by atoms with Crippen LogP contribution >= 0.6 is 23.5 Å². The van der Waals surface area contributed by atoms with Crippen LogP contribution in [0.2, 0.25) is 0 Å². The summed E-state index contributed by atoms with van der Waals surface area (Å²) < 4.78 is 0. The third-order valence-corrected chi connectivity index (χ3v) is 7.23. The number of hydrogen-bond donors (Lipinski definition) is 5. The molecular formula is C25H40N4O5S2. The van der Waals surface area contributed by atoms with E-state index in [1.54, 1.807) is 0 Å². The molecule has 0 saturated heterocycles. The first kappa shape index (κ1) is 31.8. The van der Waals surface area contributed by atoms with Gasteiger partial charge in [0, 0.05) is 6.42 Å². The van der Waals surface area contributed by atoms with E-state index >= 15 is 0 Å². The predicted molar refractivity (Wildman–Crippen MR) is 147 cm³/mol. The lowest BCUT2D eigenvalue weighted by Crippen LogP contribution is -2.58. The third kappa shape index (κ3) is 11.2. The first-order chi connectivity index (χ1) is 17.1. The Balaban J connectivity index is 3.07. The normalized spacial score (nSPS) is 15.1. The Hall–Kier alpha value is -2.24. The van der Waals surface area contributed by atoms with Gasteiger partial charge in [0.1, 0.15) is 18.1 Å². The van der Waals surface area contributed by atoms with E-state index in [-0.39, 0.29) is 18.8 Å². The van der Waals surface area contributed by atoms with E-state index in [4.69, 9.17) is 5.73 Å². The van der Waals surface area contributed by atoms with Crippen LogP contribution in [-0.4, -0.2) is 77.0 Å². The number of nitrogens with one attached hydrogen (secondary N) is 3. The van der Waals surface area contributed by atoms with Gasteiger partial charge in [-0.3, -0.25) is 14.4 Å². The molecule has 0 radical (unpaired) electrons. The van der Waals surface area contributed by atoms with Crippen molar-refractivity contribution in [2.45, 2.75) is 63.7 Å². The highest BCUT2D eigenvalue weighted by Gasteiger charge is 2.31. The van der Waals surface area contributed by atoms with Gasteiger partial charge < -0.3 is 26.8 Å². The molecule has 1 rings (SSSR count). The molecule has 36 heavy (non-hydrogen) atoms. The van der Waals surface area contributed by atoms with Gasteiger partial charge in [-0.25, -0.2) is 4.79 Å². The molecule has 0 aliphatic carbocycles. The number of carbonyl (C=O) groups is 4. The first-order valence-electron chi connectivity index (χ1n) is 12.1. The summed E-state index contributed by atoms with van der Waals surface area (Å²) in [4.78, 5) is 50.7. The number of hydrogen-bond acceptors (Lipinski definition) is 7. The minimum Gasteiger partial charge on any atom is -0.480 e. The van der Waals surface area contributed by atoms with Gasteiger partial charge in [0.05, 0.1) is 6.04 Å². The Morgan fingerprint density at radius 1 is 0.861 bits per heavy atom. The van der Waals surface area contributed by atoms with E-state index in [1.807, 2.05) is 56.7 Å². The summed E-state index contributed by atoms with van der Waals surface area (Å²) in [6, 6.07) is 5.51. The van der Waals surface area contributed by atoms with Crippen molar-refractivity contribution in [2.75, 3.05) is 24.0 Å². The van der Waals surface area contributed by atoms with Gasteiger partial charge in [-0.2, -0.15) is 23.5 Å². The van der Waals surface area contributed by atoms with Crippen molar-refractivity contribution in [2.24, 2.45) is 11.7 Å². The first-order valence-corrected chi connectivity index (χ1v) is 14.8. The fourth-order valence-corrected chi connectivity index (χ4v) is 4.32. The molecule has 0 aliphatic rings. The molecule has 0 aliphatic heterocycles. The van der Waals surface area contributed by atoms with E-state index < -0.39 is 47.9 Å². The fraction of sp³-hybridized carbons (Fsp3) is 0.600. The second kappa shape index (κ2) is 17.3. The summed E-state index contributed by atoms with van der Waals surface area (Å²) in [6.45, 7) is 3.81. The number of thioether (sulfide) groups is 2. The van der Waals surface area contributed by atoms with E-state index in [9.17, 15) is 24.3 Å². The molecule has 0 fully saturated rings. The highest BCUT2D eigenvalue weighted by Crippen LogP contribution is 2.10. The van der Waals surface area contributed by atoms with Crippen molar-refractivity contribution in [3.63, 3.8) is 0 Å². The zero-order valence-electron chi connectivity index (χ0n) is 21.5. The molecule has 1 aromatic rings. The van der Waals surface area contributed by atoms with Crippen LogP contribution in [0.1, 0.15) is 38.7 Å². The van der Waals surface area contributed by atoms with Crippen LogP contribution in [0, 0.1) is 5.92 Å². The number of carbonyl (C=O) groups excluding carboxylic acids is 3. The van der Waals surface area contributed by atoms with E-state index in [2.05, 4.69) is 16.0 Å². The molecule has 0 saturated carbocycles. The fourth-order valence-electron chi connectivity index (χ4n) is 3.38. The molecule has 1 aromatic carbocycles. The summed E-state index contributed by atoms with van der Waals surface area (Å²) in [5.74, 6) is -1.57. The second-order valence-corrected chi connectivity index (χ2v) is 10.7. The lowest BCUT2D eigenvalue weighted by Gasteiger charge is -2.26. The number of amides is 3. The topological polar surface area (TPSA) is 151 Å². The molecule has 0 aromatic heterocycles. The second-order valence-electron chi connectivity index (χ2n) is 8.69. The van der Waals surface area contributed by atoms with Crippen LogP contribution in [0.25, 0.3) is 0 Å². The number of aliphatic carboxylic acids is 1. The zero-order valence-corrected chi connectivity index (χ0v) is 23.1. The minimum absolute atomic E-state index is 0.0697. The van der Waals surface area contributed by atoms with E-state index in [1.165, 1.54) is 23.5 Å². The highest BCUT2D eigenvalue weighted by molar-refractivity contribution is 7.98. The Morgan fingerprint density at radius 3 is 1.89 bits per heavy atom. The lowest BCUT2D eigenvalue weighted by molar-refractivity contribution is -0.142. The third-order valence-electron chi connectivity index (χ3n) is 5.94. The lowest BCUT2D eigenvalue weighted by atomic mass is 9.98. The average Bonchev–Trinajstić information content (AvgIpc) is 2.87. The summed E-state index contributed by atoms with van der Waals surface area (Å²) in [5.41, 5.74) is 6.92. The van der Waals surface area contributed by atoms with Gasteiger partial charge in [0.15, 0.2) is 0 Å². The average molecular weight is 541 g/mol. The van der Waals surface area contributed by atoms with Gasteiger partial charge >= 0.3 is 5.97 Å². The van der Waals surface area contributed by atoms with Gasteiger partial charge in [-0.05, 0) is 48.3 Å². The smallest absolute Gasteiger partial charge is 0.326 e. The summed E-state index contributed by atoms with van der Waals surface area (Å²) in [6.07, 6.45) is 5.24. The zero-order chi connectivity index (χ0) is 27.1. The van der Waals surface area contributed by atoms with Crippen LogP contribution in [0.3, 0.4) is 0 Å². The maximum Gasteiger partial charge on any atom is 0.326 e. The minimum atomic E-state index is -1.12. The van der Waals surface area contributed by atoms with Gasteiger partial charge in [0.2, 0.25) is 17.7 Å². The molecule has 0 bridgehead atoms. The number of rotatable bonds is 17. The van der Waals surface area contributed by atoms with Crippen LogP contribution in [0.15, 0.2) is 30.3 Å². The van der Waals surface area contributed by atoms with E-state index in [0.29, 0.717) is 24.3 Å². The van der Waals surface area contributed by atoms with Crippen molar-refractivity contribution >= 4 is 47.2 Å². The highest BCUT2D eigenvalue weighted by atomic mass is 32.2. The van der Waals surface area contributed by atoms with Gasteiger partial charge in [-0.1, -0.05) is 50.6 Å². The molecule has 6 N–H and O–H groups in total. The maximum atomic E-state index is 13.3. The van der Waals surface area contributed by atoms with Crippen LogP contribution < -0.4 is 21.7 Å². The summed E-state index contributed by atoms with van der Waals surface area (Å²) in [7, 11) is 0. The van der Waals surface area contributed by atoms with Crippen molar-refractivity contribution in [1.29, 1.82) is 0 Å². The van der Waals surface area contributed by atoms with Crippen molar-refractivity contribution < 1.29 is 24.3 Å². The molecule has 202 valence electrons. The number of carboxylic acid groups (broad SMARTS) is 1. The van der Waals surface area contributed by atoms with Crippen LogP contribution in [0.4, 0.5) is 0 Å². The quantitative estimate of drug-likeness (QED) is 0.200. The molecular weight excluding hydrogens is 500 g/mol. The molecule has 0 spiro atoms. The molecule has 3 amide bonds. The van der Waals surface area contributed by atoms with Crippen molar-refractivity contribution in [1.82, 2.24) is 16.0 Å². The predicted octanol–water partition coefficient (Wildman–Crippen LogP) is 1.65. The Bertz CT molecular complexity index is 843. The standard InChI is InChI=1S/C25H40N4O5S2/c1-5-16(2)21(26)24(32)29-20(15-17-9-7-6-8-10-17)23(31)27-18(11-13-35-3)22(30)28-19(25(33)34)12-14-36-4/h6-10,16,18-21H,5,11-15,26H2,1-4H3,(H,27,31)(H,28,30)(H,29,32)(H,33,34). The van der Waals surface area contributed by atoms with Gasteiger partial charge in [-0.15, -0.1) is 0 Å². The largest absolute Gasteiger partial charge is 0.480 e. The number of nitrogens with two attached hydrogens (primary N) is 1. The summed E-state index contributed by atoms with van der Waals surface area (Å²) >= 11 is 2.99. The number of benzene rings is 1.